The predicted octanol–water partition coefficient (Wildman–Crippen LogP) is 6.02. The van der Waals surface area contributed by atoms with Gasteiger partial charge in [0.15, 0.2) is 5.58 Å². The maximum atomic E-state index is 12.7. The van der Waals surface area contributed by atoms with E-state index in [9.17, 15) is 4.79 Å². The zero-order valence-electron chi connectivity index (χ0n) is 14.9. The van der Waals surface area contributed by atoms with Crippen LogP contribution in [-0.4, -0.2) is 10.9 Å². The summed E-state index contributed by atoms with van der Waals surface area (Å²) in [7, 11) is 0. The van der Waals surface area contributed by atoms with Gasteiger partial charge in [-0.25, -0.2) is 4.98 Å². The first-order valence-electron chi connectivity index (χ1n) is 8.56. The zero-order chi connectivity index (χ0) is 19.0. The van der Waals surface area contributed by atoms with Crippen LogP contribution in [0.3, 0.4) is 0 Å². The molecule has 1 N–H and O–H groups in total. The third-order valence-corrected chi connectivity index (χ3v) is 4.79. The molecule has 27 heavy (non-hydrogen) atoms. The summed E-state index contributed by atoms with van der Waals surface area (Å²) in [6.45, 7) is 3.86. The van der Waals surface area contributed by atoms with Crippen molar-refractivity contribution >= 4 is 34.3 Å². The highest BCUT2D eigenvalue weighted by atomic mass is 35.5. The minimum Gasteiger partial charge on any atom is -0.436 e. The largest absolute Gasteiger partial charge is 0.436 e. The molecule has 4 rings (SSSR count). The molecule has 0 aliphatic rings. The number of carbonyl (C=O) groups is 1. The molecule has 0 saturated carbocycles. The van der Waals surface area contributed by atoms with Gasteiger partial charge in [0, 0.05) is 11.3 Å². The van der Waals surface area contributed by atoms with Gasteiger partial charge in [0.2, 0.25) is 5.89 Å². The number of halogens is 1. The van der Waals surface area contributed by atoms with E-state index in [1.165, 1.54) is 0 Å². The second-order valence-corrected chi connectivity index (χ2v) is 6.81. The van der Waals surface area contributed by atoms with Crippen LogP contribution in [0.2, 0.25) is 5.02 Å². The number of fused-ring (bicyclic) bond motifs is 1. The molecule has 0 fully saturated rings. The van der Waals surface area contributed by atoms with Gasteiger partial charge in [-0.3, -0.25) is 4.79 Å². The van der Waals surface area contributed by atoms with Gasteiger partial charge >= 0.3 is 0 Å². The summed E-state index contributed by atoms with van der Waals surface area (Å²) < 4.78 is 5.87. The molecule has 0 atom stereocenters. The maximum Gasteiger partial charge on any atom is 0.257 e. The predicted molar refractivity (Wildman–Crippen MR) is 108 cm³/mol. The van der Waals surface area contributed by atoms with Crippen LogP contribution in [0.15, 0.2) is 65.1 Å². The molecular formula is C22H17ClN2O2. The van der Waals surface area contributed by atoms with Crippen molar-refractivity contribution in [1.29, 1.82) is 0 Å². The molecule has 0 spiro atoms. The number of anilines is 1. The molecule has 4 aromatic rings. The minimum atomic E-state index is -0.252. The molecule has 5 heteroatoms. The molecule has 1 aromatic heterocycles. The third-order valence-electron chi connectivity index (χ3n) is 4.48. The smallest absolute Gasteiger partial charge is 0.257 e. The fourth-order valence-electron chi connectivity index (χ4n) is 2.98. The van der Waals surface area contributed by atoms with Crippen LogP contribution in [0.4, 0.5) is 5.69 Å². The summed E-state index contributed by atoms with van der Waals surface area (Å²) in [6, 6.07) is 18.6. The first kappa shape index (κ1) is 17.3. The molecule has 0 aliphatic heterocycles. The normalized spacial score (nSPS) is 10.9. The van der Waals surface area contributed by atoms with E-state index in [0.717, 1.165) is 27.8 Å². The van der Waals surface area contributed by atoms with Crippen molar-refractivity contribution in [3.63, 3.8) is 0 Å². The van der Waals surface area contributed by atoms with E-state index in [-0.39, 0.29) is 5.91 Å². The van der Waals surface area contributed by atoms with Gasteiger partial charge in [0.05, 0.1) is 10.6 Å². The van der Waals surface area contributed by atoms with Gasteiger partial charge in [-0.15, -0.1) is 0 Å². The Morgan fingerprint density at radius 3 is 2.63 bits per heavy atom. The lowest BCUT2D eigenvalue weighted by Crippen LogP contribution is -2.13. The van der Waals surface area contributed by atoms with Gasteiger partial charge in [-0.2, -0.15) is 0 Å². The lowest BCUT2D eigenvalue weighted by atomic mass is 10.1. The van der Waals surface area contributed by atoms with E-state index in [4.69, 9.17) is 16.0 Å². The van der Waals surface area contributed by atoms with Crippen LogP contribution in [0, 0.1) is 13.8 Å². The van der Waals surface area contributed by atoms with E-state index in [2.05, 4.69) is 10.3 Å². The van der Waals surface area contributed by atoms with E-state index in [1.54, 1.807) is 12.1 Å². The van der Waals surface area contributed by atoms with Crippen molar-refractivity contribution < 1.29 is 9.21 Å². The molecule has 0 unspecified atom stereocenters. The molecule has 0 bridgehead atoms. The number of carbonyl (C=O) groups excluding carboxylic acids is 1. The number of oxazole rings is 1. The number of hydrogen-bond acceptors (Lipinski definition) is 3. The Labute approximate surface area is 161 Å². The fraction of sp³-hybridized carbons (Fsp3) is 0.0909. The summed E-state index contributed by atoms with van der Waals surface area (Å²) in [6.07, 6.45) is 0. The van der Waals surface area contributed by atoms with Crippen LogP contribution >= 0.6 is 11.6 Å². The highest BCUT2D eigenvalue weighted by Gasteiger charge is 2.16. The second kappa shape index (κ2) is 6.89. The molecule has 134 valence electrons. The first-order chi connectivity index (χ1) is 13.0. The van der Waals surface area contributed by atoms with E-state index >= 15 is 0 Å². The Morgan fingerprint density at radius 1 is 1.04 bits per heavy atom. The number of benzene rings is 3. The summed E-state index contributed by atoms with van der Waals surface area (Å²) >= 11 is 6.22. The van der Waals surface area contributed by atoms with Crippen LogP contribution < -0.4 is 5.32 Å². The van der Waals surface area contributed by atoms with Gasteiger partial charge < -0.3 is 9.73 Å². The fourth-order valence-corrected chi connectivity index (χ4v) is 3.31. The van der Waals surface area contributed by atoms with Crippen molar-refractivity contribution in [3.8, 4) is 11.5 Å². The van der Waals surface area contributed by atoms with Crippen LogP contribution in [0.25, 0.3) is 22.6 Å². The number of amides is 1. The first-order valence-corrected chi connectivity index (χ1v) is 8.94. The second-order valence-electron chi connectivity index (χ2n) is 6.40. The maximum absolute atomic E-state index is 12.7. The lowest BCUT2D eigenvalue weighted by Gasteiger charge is -2.12. The topological polar surface area (TPSA) is 55.1 Å². The summed E-state index contributed by atoms with van der Waals surface area (Å²) in [5.74, 6) is 0.274. The van der Waals surface area contributed by atoms with Crippen LogP contribution in [0.1, 0.15) is 21.5 Å². The molecule has 1 amide bonds. The zero-order valence-corrected chi connectivity index (χ0v) is 15.7. The van der Waals surface area contributed by atoms with Crippen molar-refractivity contribution in [2.75, 3.05) is 5.32 Å². The van der Waals surface area contributed by atoms with Gasteiger partial charge in [-0.05, 0) is 61.4 Å². The van der Waals surface area contributed by atoms with Crippen molar-refractivity contribution in [2.24, 2.45) is 0 Å². The Balaban J connectivity index is 1.68. The molecule has 0 saturated heterocycles. The minimum absolute atomic E-state index is 0.252. The third kappa shape index (κ3) is 3.32. The van der Waals surface area contributed by atoms with E-state index in [0.29, 0.717) is 22.2 Å². The Hall–Kier alpha value is -3.11. The SMILES string of the molecule is Cc1ccc(C(=O)Nc2cccc(-c3nc4ccccc4o3)c2C)c(Cl)c1. The summed E-state index contributed by atoms with van der Waals surface area (Å²) in [5, 5.41) is 3.37. The number of nitrogens with one attached hydrogen (secondary N) is 1. The molecule has 1 heterocycles. The average Bonchev–Trinajstić information content (AvgIpc) is 3.07. The van der Waals surface area contributed by atoms with Crippen molar-refractivity contribution in [1.82, 2.24) is 4.98 Å². The van der Waals surface area contributed by atoms with Crippen LogP contribution in [0.5, 0.6) is 0 Å². The van der Waals surface area contributed by atoms with E-state index < -0.39 is 0 Å². The number of hydrogen-bond donors (Lipinski definition) is 1. The number of aryl methyl sites for hydroxylation is 1. The molecule has 0 radical (unpaired) electrons. The highest BCUT2D eigenvalue weighted by molar-refractivity contribution is 6.34. The summed E-state index contributed by atoms with van der Waals surface area (Å²) in [5.41, 5.74) is 5.37. The number of para-hydroxylation sites is 2. The van der Waals surface area contributed by atoms with Gasteiger partial charge in [0.1, 0.15) is 5.52 Å². The van der Waals surface area contributed by atoms with Gasteiger partial charge in [-0.1, -0.05) is 35.9 Å². The van der Waals surface area contributed by atoms with E-state index in [1.807, 2.05) is 62.4 Å². The monoisotopic (exact) mass is 376 g/mol. The number of nitrogens with zero attached hydrogens (tertiary/aromatic N) is 1. The van der Waals surface area contributed by atoms with Gasteiger partial charge in [0.25, 0.3) is 5.91 Å². The Bertz CT molecular complexity index is 1130. The lowest BCUT2D eigenvalue weighted by molar-refractivity contribution is 0.102. The molecule has 0 aliphatic carbocycles. The number of rotatable bonds is 3. The molecular weight excluding hydrogens is 360 g/mol. The Morgan fingerprint density at radius 2 is 1.85 bits per heavy atom. The quantitative estimate of drug-likeness (QED) is 0.475. The average molecular weight is 377 g/mol. The molecule has 3 aromatic carbocycles. The Kier molecular flexibility index (Phi) is 4.42. The van der Waals surface area contributed by atoms with Crippen LogP contribution in [-0.2, 0) is 0 Å². The highest BCUT2D eigenvalue weighted by Crippen LogP contribution is 2.31. The standard InChI is InChI=1S/C22H17ClN2O2/c1-13-10-11-16(17(23)12-13)21(26)24-18-8-5-6-15(14(18)2)22-25-19-7-3-4-9-20(19)27-22/h3-12H,1-2H3,(H,24,26). The van der Waals surface area contributed by atoms with Crippen molar-refractivity contribution in [2.45, 2.75) is 13.8 Å². The summed E-state index contributed by atoms with van der Waals surface area (Å²) in [4.78, 5) is 17.2. The molecule has 4 nitrogen and oxygen atoms in total. The van der Waals surface area contributed by atoms with Crippen molar-refractivity contribution in [3.05, 3.63) is 82.4 Å². The number of aromatic nitrogens is 1.